The van der Waals surface area contributed by atoms with E-state index in [1.165, 1.54) is 17.2 Å². The van der Waals surface area contributed by atoms with Crippen LogP contribution >= 0.6 is 0 Å². The summed E-state index contributed by atoms with van der Waals surface area (Å²) in [6.45, 7) is 0. The minimum atomic E-state index is -1.25. The maximum absolute atomic E-state index is 10.8. The average Bonchev–Trinajstić information content (AvgIpc) is 3.17. The van der Waals surface area contributed by atoms with E-state index < -0.39 is 50.5 Å². The molecular formula is C15H23N6O5Se+. The molecule has 11 nitrogen and oxygen atoms in total. The van der Waals surface area contributed by atoms with E-state index in [-0.39, 0.29) is 5.82 Å². The molecule has 12 heteroatoms. The fraction of sp³-hybridized carbons (Fsp3) is 0.600. The summed E-state index contributed by atoms with van der Waals surface area (Å²) < 4.78 is 7.44. The first-order valence-corrected chi connectivity index (χ1v) is 12.4. The molecule has 6 atom stereocenters. The second kappa shape index (κ2) is 8.05. The SMILES string of the molecule is C[Se+](CCC(N)C(=O)O)C[C@H]1O[C@@H](n2cnc3c(N)ncnc32)[C@H](O)[C@@H]1O. The van der Waals surface area contributed by atoms with Crippen molar-refractivity contribution in [3.05, 3.63) is 12.7 Å². The third kappa shape index (κ3) is 4.05. The van der Waals surface area contributed by atoms with Gasteiger partial charge in [-0.2, -0.15) is 0 Å². The molecule has 0 aliphatic carbocycles. The Balaban J connectivity index is 1.68. The molecule has 2 aromatic heterocycles. The van der Waals surface area contributed by atoms with E-state index in [2.05, 4.69) is 15.0 Å². The monoisotopic (exact) mass is 447 g/mol. The molecule has 1 saturated heterocycles. The number of carboxylic acids is 1. The van der Waals surface area contributed by atoms with Crippen molar-refractivity contribution in [1.29, 1.82) is 0 Å². The number of nitrogens with zero attached hydrogens (tertiary/aromatic N) is 4. The zero-order valence-electron chi connectivity index (χ0n) is 14.7. The van der Waals surface area contributed by atoms with Gasteiger partial charge < -0.3 is 0 Å². The van der Waals surface area contributed by atoms with Crippen LogP contribution in [0.4, 0.5) is 5.82 Å². The summed E-state index contributed by atoms with van der Waals surface area (Å²) in [5.41, 5.74) is 12.1. The number of ether oxygens (including phenoxy) is 1. The molecule has 148 valence electrons. The van der Waals surface area contributed by atoms with E-state index in [0.717, 1.165) is 0 Å². The molecule has 0 aromatic carbocycles. The van der Waals surface area contributed by atoms with Gasteiger partial charge >= 0.3 is 159 Å². The molecule has 2 aromatic rings. The summed E-state index contributed by atoms with van der Waals surface area (Å²) in [5, 5.41) is 31.0. The summed E-state index contributed by atoms with van der Waals surface area (Å²) in [5.74, 6) is 1.25. The summed E-state index contributed by atoms with van der Waals surface area (Å²) >= 11 is -1.25. The number of carboxylic acid groups (broad SMARTS) is 1. The number of hydrogen-bond donors (Lipinski definition) is 5. The van der Waals surface area contributed by atoms with Crippen LogP contribution in [-0.4, -0.2) is 79.1 Å². The summed E-state index contributed by atoms with van der Waals surface area (Å²) in [6.07, 6.45) is -0.486. The van der Waals surface area contributed by atoms with E-state index in [4.69, 9.17) is 21.3 Å². The number of rotatable bonds is 7. The number of nitrogen functional groups attached to an aromatic ring is 1. The average molecular weight is 446 g/mol. The zero-order valence-corrected chi connectivity index (χ0v) is 16.4. The van der Waals surface area contributed by atoms with Gasteiger partial charge in [-0.3, -0.25) is 0 Å². The van der Waals surface area contributed by atoms with Crippen molar-refractivity contribution < 1.29 is 24.9 Å². The molecule has 3 rings (SSSR count). The van der Waals surface area contributed by atoms with Gasteiger partial charge in [-0.25, -0.2) is 0 Å². The summed E-state index contributed by atoms with van der Waals surface area (Å²) in [4.78, 5) is 23.0. The second-order valence-corrected chi connectivity index (χ2v) is 11.3. The molecule has 0 radical (unpaired) electrons. The normalized spacial score (nSPS) is 27.7. The Hall–Kier alpha value is -1.82. The van der Waals surface area contributed by atoms with Gasteiger partial charge in [0.15, 0.2) is 0 Å². The molecule has 1 aliphatic rings. The van der Waals surface area contributed by atoms with Crippen LogP contribution in [0.15, 0.2) is 12.7 Å². The Kier molecular flexibility index (Phi) is 5.94. The topological polar surface area (TPSA) is 183 Å². The van der Waals surface area contributed by atoms with Crippen molar-refractivity contribution in [2.24, 2.45) is 5.73 Å². The quantitative estimate of drug-likeness (QED) is 0.329. The van der Waals surface area contributed by atoms with Crippen molar-refractivity contribution >= 4 is 36.9 Å². The number of nitrogens with two attached hydrogens (primary N) is 2. The van der Waals surface area contributed by atoms with Gasteiger partial charge in [-0.05, 0) is 0 Å². The molecule has 0 spiro atoms. The number of anilines is 1. The molecule has 1 fully saturated rings. The van der Waals surface area contributed by atoms with E-state index in [9.17, 15) is 15.0 Å². The Morgan fingerprint density at radius 3 is 2.81 bits per heavy atom. The van der Waals surface area contributed by atoms with Crippen LogP contribution in [0.25, 0.3) is 11.2 Å². The van der Waals surface area contributed by atoms with Gasteiger partial charge in [-0.1, -0.05) is 0 Å². The van der Waals surface area contributed by atoms with Gasteiger partial charge in [0.1, 0.15) is 0 Å². The van der Waals surface area contributed by atoms with Crippen LogP contribution < -0.4 is 11.5 Å². The summed E-state index contributed by atoms with van der Waals surface area (Å²) in [7, 11) is 0. The molecule has 0 saturated carbocycles. The number of imidazole rings is 1. The first kappa shape index (κ1) is 19.9. The molecule has 7 N–H and O–H groups in total. The van der Waals surface area contributed by atoms with Crippen molar-refractivity contribution in [1.82, 2.24) is 19.5 Å². The molecule has 3 heterocycles. The first-order chi connectivity index (χ1) is 12.8. The second-order valence-electron chi connectivity index (χ2n) is 6.51. The van der Waals surface area contributed by atoms with Crippen LogP contribution in [0.2, 0.25) is 16.5 Å². The third-order valence-electron chi connectivity index (χ3n) is 4.54. The number of aliphatic hydroxyl groups excluding tert-OH is 2. The first-order valence-electron chi connectivity index (χ1n) is 8.31. The van der Waals surface area contributed by atoms with Crippen molar-refractivity contribution in [2.45, 2.75) is 53.5 Å². The fourth-order valence-corrected chi connectivity index (χ4v) is 6.45. The Labute approximate surface area is 159 Å². The van der Waals surface area contributed by atoms with E-state index >= 15 is 0 Å². The van der Waals surface area contributed by atoms with Crippen LogP contribution in [0.5, 0.6) is 0 Å². The standard InChI is InChI=1S/C15H22N6O5Se/c1-27(3-2-7(16)15(24)25)4-8-10(22)11(23)14(26-8)21-6-20-9-12(17)18-5-19-13(9)21/h5-8,10-11,14,22-23H,2-4,16H2,1H3,(H2-,17,18,19,24,25)/p+1/t7?,8-,10-,11-,14-,27?/m1/s1. The molecule has 0 amide bonds. The van der Waals surface area contributed by atoms with Crippen LogP contribution in [-0.2, 0) is 9.53 Å². The molecule has 0 bridgehead atoms. The van der Waals surface area contributed by atoms with Gasteiger partial charge in [0.25, 0.3) is 0 Å². The van der Waals surface area contributed by atoms with Crippen LogP contribution in [0.1, 0.15) is 12.6 Å². The van der Waals surface area contributed by atoms with Gasteiger partial charge in [-0.15, -0.1) is 0 Å². The minimum absolute atomic E-state index is 0.221. The molecule has 27 heavy (non-hydrogen) atoms. The number of carbonyl (C=O) groups is 1. The van der Waals surface area contributed by atoms with Crippen LogP contribution in [0, 0.1) is 0 Å². The van der Waals surface area contributed by atoms with Crippen molar-refractivity contribution in [2.75, 3.05) is 5.73 Å². The van der Waals surface area contributed by atoms with Gasteiger partial charge in [0, 0.05) is 0 Å². The fourth-order valence-electron chi connectivity index (χ4n) is 2.97. The molecular weight excluding hydrogens is 423 g/mol. The van der Waals surface area contributed by atoms with E-state index in [1.807, 2.05) is 5.82 Å². The van der Waals surface area contributed by atoms with E-state index in [0.29, 0.717) is 28.2 Å². The number of aromatic nitrogens is 4. The molecule has 1 aliphatic heterocycles. The van der Waals surface area contributed by atoms with Crippen molar-refractivity contribution in [3.8, 4) is 0 Å². The molecule has 2 unspecified atom stereocenters. The van der Waals surface area contributed by atoms with Gasteiger partial charge in [0.05, 0.1) is 0 Å². The maximum atomic E-state index is 10.8. The van der Waals surface area contributed by atoms with Crippen LogP contribution in [0.3, 0.4) is 0 Å². The predicted octanol–water partition coefficient (Wildman–Crippen LogP) is -1.05. The Bertz CT molecular complexity index is 819. The van der Waals surface area contributed by atoms with E-state index in [1.54, 1.807) is 0 Å². The number of aliphatic hydroxyl groups is 2. The third-order valence-corrected chi connectivity index (χ3v) is 8.38. The van der Waals surface area contributed by atoms with Crippen molar-refractivity contribution in [3.63, 3.8) is 0 Å². The Morgan fingerprint density at radius 1 is 1.37 bits per heavy atom. The zero-order chi connectivity index (χ0) is 19.7. The number of fused-ring (bicyclic) bond motifs is 1. The Morgan fingerprint density at radius 2 is 2.11 bits per heavy atom. The van der Waals surface area contributed by atoms with Gasteiger partial charge in [0.2, 0.25) is 0 Å². The number of aliphatic carboxylic acids is 1. The predicted molar refractivity (Wildman–Crippen MR) is 97.1 cm³/mol. The summed E-state index contributed by atoms with van der Waals surface area (Å²) in [6, 6.07) is -0.883. The number of hydrogen-bond acceptors (Lipinski definition) is 9.